The summed E-state index contributed by atoms with van der Waals surface area (Å²) in [7, 11) is -3.92. The molecule has 0 atom stereocenters. The molecule has 2 aromatic carbocycles. The maximum Gasteiger partial charge on any atom is 0.492 e. The number of carbonyl (C=O) groups excluding carboxylic acids is 1. The zero-order chi connectivity index (χ0) is 15.6. The number of carbonyl (C=O) groups is 1. The smallest absolute Gasteiger partial charge is 0.241 e. The average molecular weight is 305 g/mol. The van der Waals surface area contributed by atoms with Crippen LogP contribution in [0.5, 0.6) is 0 Å². The van der Waals surface area contributed by atoms with E-state index in [0.29, 0.717) is 5.56 Å². The average Bonchev–Trinajstić information content (AvgIpc) is 2.37. The van der Waals surface area contributed by atoms with Gasteiger partial charge in [0.2, 0.25) is 0 Å². The molecular formula is C16H18O4P+. The van der Waals surface area contributed by atoms with Gasteiger partial charge in [0.1, 0.15) is 0 Å². The van der Waals surface area contributed by atoms with Gasteiger partial charge in [-0.25, -0.2) is 9.32 Å². The molecule has 0 fully saturated rings. The van der Waals surface area contributed by atoms with Gasteiger partial charge in [-0.2, -0.15) is 9.79 Å². The van der Waals surface area contributed by atoms with E-state index in [1.165, 1.54) is 12.1 Å². The molecule has 0 saturated carbocycles. The lowest BCUT2D eigenvalue weighted by Gasteiger charge is -2.13. The van der Waals surface area contributed by atoms with Gasteiger partial charge in [0.25, 0.3) is 0 Å². The van der Waals surface area contributed by atoms with Crippen LogP contribution in [0.25, 0.3) is 0 Å². The monoisotopic (exact) mass is 305 g/mol. The van der Waals surface area contributed by atoms with Gasteiger partial charge >= 0.3 is 13.9 Å². The molecule has 110 valence electrons. The summed E-state index contributed by atoms with van der Waals surface area (Å²) in [6.45, 7) is 5.54. The SMILES string of the molecule is Cc1cc(C)c(C(=O)O[P+](O)(O)c2ccccc2)c(C)c1. The van der Waals surface area contributed by atoms with Crippen LogP contribution >= 0.6 is 7.94 Å². The Morgan fingerprint density at radius 1 is 1.00 bits per heavy atom. The molecule has 21 heavy (non-hydrogen) atoms. The van der Waals surface area contributed by atoms with Crippen molar-refractivity contribution in [3.8, 4) is 0 Å². The maximum absolute atomic E-state index is 12.3. The van der Waals surface area contributed by atoms with E-state index in [2.05, 4.69) is 0 Å². The van der Waals surface area contributed by atoms with Gasteiger partial charge in [0.15, 0.2) is 5.30 Å². The Balaban J connectivity index is 2.30. The minimum atomic E-state index is -3.92. The zero-order valence-electron chi connectivity index (χ0n) is 12.2. The highest BCUT2D eigenvalue weighted by Gasteiger charge is 2.43. The first-order valence-corrected chi connectivity index (χ1v) is 8.14. The molecule has 0 saturated heterocycles. The first-order chi connectivity index (χ1) is 9.81. The quantitative estimate of drug-likeness (QED) is 0.856. The van der Waals surface area contributed by atoms with E-state index in [9.17, 15) is 14.6 Å². The summed E-state index contributed by atoms with van der Waals surface area (Å²) in [5.41, 5.74) is 2.93. The second-order valence-corrected chi connectivity index (χ2v) is 6.82. The lowest BCUT2D eigenvalue weighted by atomic mass is 10.0. The van der Waals surface area contributed by atoms with Gasteiger partial charge in [0, 0.05) is 0 Å². The van der Waals surface area contributed by atoms with Crippen LogP contribution in [-0.2, 0) is 4.52 Å². The molecule has 0 spiro atoms. The van der Waals surface area contributed by atoms with Crippen LogP contribution < -0.4 is 5.30 Å². The van der Waals surface area contributed by atoms with Gasteiger partial charge in [-0.15, -0.1) is 0 Å². The van der Waals surface area contributed by atoms with Gasteiger partial charge in [0.05, 0.1) is 5.56 Å². The summed E-state index contributed by atoms with van der Waals surface area (Å²) in [5, 5.41) is 0.209. The Bertz CT molecular complexity index is 642. The van der Waals surface area contributed by atoms with Crippen LogP contribution in [0.3, 0.4) is 0 Å². The predicted molar refractivity (Wildman–Crippen MR) is 83.5 cm³/mol. The number of rotatable bonds is 3. The Kier molecular flexibility index (Phi) is 4.43. The maximum atomic E-state index is 12.3. The van der Waals surface area contributed by atoms with Gasteiger partial charge < -0.3 is 0 Å². The minimum absolute atomic E-state index is 0.209. The van der Waals surface area contributed by atoms with E-state index in [0.717, 1.165) is 16.7 Å². The normalized spacial score (nSPS) is 11.3. The van der Waals surface area contributed by atoms with Crippen molar-refractivity contribution in [3.63, 3.8) is 0 Å². The zero-order valence-corrected chi connectivity index (χ0v) is 13.1. The lowest BCUT2D eigenvalue weighted by Crippen LogP contribution is -2.18. The van der Waals surface area contributed by atoms with Crippen LogP contribution in [0.4, 0.5) is 0 Å². The van der Waals surface area contributed by atoms with Crippen LogP contribution in [0.1, 0.15) is 27.0 Å². The molecule has 0 heterocycles. The van der Waals surface area contributed by atoms with E-state index in [-0.39, 0.29) is 5.30 Å². The molecule has 2 rings (SSSR count). The van der Waals surface area contributed by atoms with Crippen LogP contribution in [0.2, 0.25) is 0 Å². The summed E-state index contributed by atoms with van der Waals surface area (Å²) in [4.78, 5) is 32.4. The number of benzene rings is 2. The van der Waals surface area contributed by atoms with E-state index < -0.39 is 13.9 Å². The largest absolute Gasteiger partial charge is 0.492 e. The Morgan fingerprint density at radius 2 is 1.52 bits per heavy atom. The van der Waals surface area contributed by atoms with Crippen molar-refractivity contribution in [2.45, 2.75) is 20.8 Å². The fourth-order valence-corrected chi connectivity index (χ4v) is 3.33. The van der Waals surface area contributed by atoms with Crippen molar-refractivity contribution in [2.75, 3.05) is 0 Å². The van der Waals surface area contributed by atoms with E-state index in [1.54, 1.807) is 32.0 Å². The van der Waals surface area contributed by atoms with E-state index in [4.69, 9.17) is 4.52 Å². The van der Waals surface area contributed by atoms with Crippen LogP contribution in [0.15, 0.2) is 42.5 Å². The second kappa shape index (κ2) is 5.94. The topological polar surface area (TPSA) is 66.8 Å². The predicted octanol–water partition coefficient (Wildman–Crippen LogP) is 2.84. The van der Waals surface area contributed by atoms with Gasteiger partial charge in [-0.3, -0.25) is 0 Å². The number of aryl methyl sites for hydroxylation is 3. The molecule has 0 aliphatic carbocycles. The van der Waals surface area contributed by atoms with Crippen molar-refractivity contribution < 1.29 is 19.1 Å². The van der Waals surface area contributed by atoms with Crippen molar-refractivity contribution in [1.29, 1.82) is 0 Å². The standard InChI is InChI=1S/C16H18O4P/c1-11-9-12(2)15(13(3)10-11)16(17)20-21(18,19)14-7-5-4-6-8-14/h4-10,18-19H,1-3H3/q+1. The molecular weight excluding hydrogens is 287 g/mol. The third-order valence-corrected chi connectivity index (χ3v) is 4.58. The third-order valence-electron chi connectivity index (χ3n) is 3.18. The lowest BCUT2D eigenvalue weighted by molar-refractivity contribution is 0.0702. The first kappa shape index (κ1) is 15.6. The van der Waals surface area contributed by atoms with E-state index >= 15 is 0 Å². The highest BCUT2D eigenvalue weighted by molar-refractivity contribution is 7.68. The molecule has 2 N–H and O–H groups in total. The van der Waals surface area contributed by atoms with Crippen molar-refractivity contribution in [1.82, 2.24) is 0 Å². The summed E-state index contributed by atoms with van der Waals surface area (Å²) in [6, 6.07) is 11.8. The summed E-state index contributed by atoms with van der Waals surface area (Å²) in [5.74, 6) is -0.716. The summed E-state index contributed by atoms with van der Waals surface area (Å²) in [6.07, 6.45) is 0. The van der Waals surface area contributed by atoms with Gasteiger partial charge in [-0.05, 0) is 44.0 Å². The number of hydrogen-bond donors (Lipinski definition) is 2. The molecule has 0 aliphatic heterocycles. The molecule has 0 aromatic heterocycles. The first-order valence-electron chi connectivity index (χ1n) is 6.53. The molecule has 0 unspecified atom stereocenters. The van der Waals surface area contributed by atoms with Crippen molar-refractivity contribution >= 4 is 19.2 Å². The fraction of sp³-hybridized carbons (Fsp3) is 0.188. The Hall–Kier alpha value is -1.74. The Labute approximate surface area is 124 Å². The van der Waals surface area contributed by atoms with Crippen molar-refractivity contribution in [3.05, 3.63) is 64.7 Å². The highest BCUT2D eigenvalue weighted by atomic mass is 31.2. The second-order valence-electron chi connectivity index (χ2n) is 5.03. The number of hydrogen-bond acceptors (Lipinski definition) is 4. The molecule has 5 heteroatoms. The molecule has 2 aromatic rings. The van der Waals surface area contributed by atoms with Crippen LogP contribution in [0, 0.1) is 20.8 Å². The van der Waals surface area contributed by atoms with Crippen molar-refractivity contribution in [2.24, 2.45) is 0 Å². The van der Waals surface area contributed by atoms with Crippen LogP contribution in [-0.4, -0.2) is 15.8 Å². The molecule has 0 radical (unpaired) electrons. The molecule has 0 amide bonds. The molecule has 4 nitrogen and oxygen atoms in total. The minimum Gasteiger partial charge on any atom is -0.241 e. The fourth-order valence-electron chi connectivity index (χ4n) is 2.34. The molecule has 0 bridgehead atoms. The van der Waals surface area contributed by atoms with E-state index in [1.807, 2.05) is 19.1 Å². The summed E-state index contributed by atoms with van der Waals surface area (Å²) >= 11 is 0. The van der Waals surface area contributed by atoms with Gasteiger partial charge in [-0.1, -0.05) is 35.9 Å². The highest BCUT2D eigenvalue weighted by Crippen LogP contribution is 2.50. The summed E-state index contributed by atoms with van der Waals surface area (Å²) < 4.78 is 4.99. The Morgan fingerprint density at radius 3 is 2.05 bits per heavy atom. The third kappa shape index (κ3) is 3.48. The molecule has 0 aliphatic rings.